The van der Waals surface area contributed by atoms with E-state index >= 15 is 0 Å². The SMILES string of the molecule is CCOc1cc(C=NN2C(=O)[C@@H]3[C@H](C2=O)[C@H]2C=C[C@H]3C2)c(Br)c(Br)c1OC(C)(C)C. The molecule has 2 fully saturated rings. The maximum Gasteiger partial charge on any atom is 0.254 e. The van der Waals surface area contributed by atoms with Gasteiger partial charge in [-0.15, -0.1) is 0 Å². The fourth-order valence-corrected chi connectivity index (χ4v) is 5.39. The zero-order chi connectivity index (χ0) is 21.8. The van der Waals surface area contributed by atoms with Crippen LogP contribution in [0.1, 0.15) is 39.7 Å². The van der Waals surface area contributed by atoms with E-state index in [9.17, 15) is 9.59 Å². The molecule has 0 spiro atoms. The largest absolute Gasteiger partial charge is 0.490 e. The van der Waals surface area contributed by atoms with Crippen molar-refractivity contribution >= 4 is 49.9 Å². The zero-order valence-corrected chi connectivity index (χ0v) is 20.5. The Morgan fingerprint density at radius 1 is 1.13 bits per heavy atom. The Hall–Kier alpha value is -1.67. The highest BCUT2D eigenvalue weighted by Gasteiger charge is 2.59. The number of allylic oxidation sites excluding steroid dienone is 2. The van der Waals surface area contributed by atoms with Gasteiger partial charge in [0.15, 0.2) is 11.5 Å². The topological polar surface area (TPSA) is 68.2 Å². The summed E-state index contributed by atoms with van der Waals surface area (Å²) in [5.74, 6) is 0.535. The summed E-state index contributed by atoms with van der Waals surface area (Å²) in [6, 6.07) is 1.79. The predicted octanol–water partition coefficient (Wildman–Crippen LogP) is 4.93. The smallest absolute Gasteiger partial charge is 0.254 e. The van der Waals surface area contributed by atoms with Gasteiger partial charge >= 0.3 is 0 Å². The minimum absolute atomic E-state index is 0.163. The van der Waals surface area contributed by atoms with Crippen LogP contribution in [0.15, 0.2) is 32.3 Å². The van der Waals surface area contributed by atoms with Gasteiger partial charge in [0.25, 0.3) is 11.8 Å². The highest BCUT2D eigenvalue weighted by Crippen LogP contribution is 2.52. The monoisotopic (exact) mass is 538 g/mol. The number of nitrogens with zero attached hydrogens (tertiary/aromatic N) is 2. The Morgan fingerprint density at radius 3 is 2.27 bits per heavy atom. The van der Waals surface area contributed by atoms with Gasteiger partial charge in [0.2, 0.25) is 0 Å². The zero-order valence-electron chi connectivity index (χ0n) is 17.3. The van der Waals surface area contributed by atoms with E-state index in [1.165, 1.54) is 6.21 Å². The molecule has 8 heteroatoms. The lowest BCUT2D eigenvalue weighted by atomic mass is 9.85. The van der Waals surface area contributed by atoms with Gasteiger partial charge in [0.05, 0.1) is 29.1 Å². The second-order valence-electron chi connectivity index (χ2n) is 8.80. The number of benzene rings is 1. The number of hydrazone groups is 1. The Kier molecular flexibility index (Phi) is 5.60. The first kappa shape index (κ1) is 21.6. The van der Waals surface area contributed by atoms with Crippen molar-refractivity contribution in [1.29, 1.82) is 0 Å². The molecule has 2 amide bonds. The molecule has 1 aliphatic heterocycles. The van der Waals surface area contributed by atoms with Gasteiger partial charge in [-0.05, 0) is 83.9 Å². The van der Waals surface area contributed by atoms with E-state index in [1.807, 2.05) is 27.7 Å². The van der Waals surface area contributed by atoms with Crippen LogP contribution in [-0.4, -0.2) is 35.2 Å². The van der Waals surface area contributed by atoms with E-state index in [0.717, 1.165) is 11.4 Å². The number of hydrogen-bond acceptors (Lipinski definition) is 5. The molecule has 160 valence electrons. The minimum Gasteiger partial charge on any atom is -0.490 e. The molecule has 30 heavy (non-hydrogen) atoms. The molecule has 2 bridgehead atoms. The number of halogens is 2. The van der Waals surface area contributed by atoms with Crippen LogP contribution in [0.4, 0.5) is 0 Å². The lowest BCUT2D eigenvalue weighted by molar-refractivity contribution is -0.140. The molecule has 1 aromatic carbocycles. The van der Waals surface area contributed by atoms with Crippen molar-refractivity contribution in [2.45, 2.75) is 39.7 Å². The maximum atomic E-state index is 12.8. The predicted molar refractivity (Wildman–Crippen MR) is 121 cm³/mol. The van der Waals surface area contributed by atoms with Gasteiger partial charge in [0.1, 0.15) is 5.60 Å². The molecule has 0 N–H and O–H groups in total. The first-order chi connectivity index (χ1) is 14.1. The molecule has 4 atom stereocenters. The van der Waals surface area contributed by atoms with E-state index in [2.05, 4.69) is 49.1 Å². The number of carbonyl (C=O) groups is 2. The molecular formula is C22H24Br2N2O4. The van der Waals surface area contributed by atoms with Crippen molar-refractivity contribution in [2.75, 3.05) is 6.61 Å². The standard InChI is InChI=1S/C22H24Br2N2O4/c1-5-29-14-9-13(17(23)18(24)19(14)30-22(2,3)4)10-25-26-20(27)15-11-6-7-12(8-11)16(15)21(26)28/h6-7,9-12,15-16H,5,8H2,1-4H3/t11-,12-,15-,16+/m0/s1. The van der Waals surface area contributed by atoms with Gasteiger partial charge in [-0.2, -0.15) is 10.1 Å². The molecule has 0 unspecified atom stereocenters. The van der Waals surface area contributed by atoms with Crippen LogP contribution in [-0.2, 0) is 9.59 Å². The van der Waals surface area contributed by atoms with Gasteiger partial charge in [-0.3, -0.25) is 9.59 Å². The van der Waals surface area contributed by atoms with Crippen LogP contribution in [0.3, 0.4) is 0 Å². The first-order valence-electron chi connectivity index (χ1n) is 10.1. The van der Waals surface area contributed by atoms with E-state index in [1.54, 1.807) is 6.07 Å². The van der Waals surface area contributed by atoms with Crippen LogP contribution >= 0.6 is 31.9 Å². The van der Waals surface area contributed by atoms with E-state index in [-0.39, 0.29) is 35.5 Å². The fourth-order valence-electron chi connectivity index (χ4n) is 4.48. The average Bonchev–Trinajstić information content (AvgIpc) is 3.34. The molecule has 4 rings (SSSR count). The molecule has 2 aliphatic carbocycles. The van der Waals surface area contributed by atoms with Gasteiger partial charge in [-0.25, -0.2) is 0 Å². The van der Waals surface area contributed by atoms with Gasteiger partial charge in [-0.1, -0.05) is 12.2 Å². The van der Waals surface area contributed by atoms with Gasteiger partial charge < -0.3 is 9.47 Å². The summed E-state index contributed by atoms with van der Waals surface area (Å²) >= 11 is 7.15. The molecule has 1 saturated carbocycles. The highest BCUT2D eigenvalue weighted by molar-refractivity contribution is 9.13. The Labute approximate surface area is 192 Å². The molecule has 1 aromatic rings. The highest BCUT2D eigenvalue weighted by atomic mass is 79.9. The molecule has 1 saturated heterocycles. The first-order valence-corrected chi connectivity index (χ1v) is 11.6. The van der Waals surface area contributed by atoms with Crippen molar-refractivity contribution in [3.05, 3.63) is 32.7 Å². The summed E-state index contributed by atoms with van der Waals surface area (Å²) in [4.78, 5) is 25.7. The van der Waals surface area contributed by atoms with Crippen LogP contribution in [0.5, 0.6) is 11.5 Å². The third-order valence-corrected chi connectivity index (χ3v) is 7.77. The summed E-state index contributed by atoms with van der Waals surface area (Å²) in [5, 5.41) is 5.32. The van der Waals surface area contributed by atoms with E-state index in [0.29, 0.717) is 32.6 Å². The van der Waals surface area contributed by atoms with Crippen LogP contribution in [0.2, 0.25) is 0 Å². The number of hydrogen-bond donors (Lipinski definition) is 0. The summed E-state index contributed by atoms with van der Waals surface area (Å²) in [6.45, 7) is 8.24. The summed E-state index contributed by atoms with van der Waals surface area (Å²) in [6.07, 6.45) is 6.56. The molecule has 6 nitrogen and oxygen atoms in total. The Bertz CT molecular complexity index is 937. The second-order valence-corrected chi connectivity index (χ2v) is 10.4. The van der Waals surface area contributed by atoms with Crippen LogP contribution in [0.25, 0.3) is 0 Å². The number of amides is 2. The molecule has 3 aliphatic rings. The Balaban J connectivity index is 1.64. The van der Waals surface area contributed by atoms with Crippen molar-refractivity contribution in [1.82, 2.24) is 5.01 Å². The van der Waals surface area contributed by atoms with Gasteiger partial charge in [0, 0.05) is 10.0 Å². The molecule has 1 heterocycles. The number of imide groups is 1. The van der Waals surface area contributed by atoms with Crippen molar-refractivity contribution < 1.29 is 19.1 Å². The van der Waals surface area contributed by atoms with Crippen molar-refractivity contribution in [3.63, 3.8) is 0 Å². The van der Waals surface area contributed by atoms with Crippen LogP contribution in [0, 0.1) is 23.7 Å². The van der Waals surface area contributed by atoms with E-state index < -0.39 is 5.60 Å². The van der Waals surface area contributed by atoms with Crippen molar-refractivity contribution in [3.8, 4) is 11.5 Å². The average molecular weight is 540 g/mol. The second kappa shape index (κ2) is 7.79. The van der Waals surface area contributed by atoms with E-state index in [4.69, 9.17) is 9.47 Å². The quantitative estimate of drug-likeness (QED) is 0.302. The van der Waals surface area contributed by atoms with Crippen molar-refractivity contribution in [2.24, 2.45) is 28.8 Å². The number of carbonyl (C=O) groups excluding carboxylic acids is 2. The lowest BCUT2D eigenvalue weighted by Gasteiger charge is -2.25. The Morgan fingerprint density at radius 2 is 1.73 bits per heavy atom. The molecular weight excluding hydrogens is 516 g/mol. The summed E-state index contributed by atoms with van der Waals surface area (Å²) in [5.41, 5.74) is 0.258. The maximum absolute atomic E-state index is 12.8. The third kappa shape index (κ3) is 3.62. The summed E-state index contributed by atoms with van der Waals surface area (Å²) < 4.78 is 13.2. The summed E-state index contributed by atoms with van der Waals surface area (Å²) in [7, 11) is 0. The third-order valence-electron chi connectivity index (χ3n) is 5.62. The molecule has 0 radical (unpaired) electrons. The lowest BCUT2D eigenvalue weighted by Crippen LogP contribution is -2.28. The minimum atomic E-state index is -0.414. The number of fused-ring (bicyclic) bond motifs is 5. The fraction of sp³-hybridized carbons (Fsp3) is 0.500. The number of rotatable bonds is 5. The van der Waals surface area contributed by atoms with Crippen LogP contribution < -0.4 is 9.47 Å². The normalized spacial score (nSPS) is 27.5. The molecule has 0 aromatic heterocycles. The number of ether oxygens (including phenoxy) is 2.